The highest BCUT2D eigenvalue weighted by atomic mass is 32.1. The Hall–Kier alpha value is -1.33. The number of ether oxygens (including phenoxy) is 1. The van der Waals surface area contributed by atoms with Gasteiger partial charge in [0.15, 0.2) is 5.13 Å². The second kappa shape index (κ2) is 5.12. The molecule has 1 N–H and O–H groups in total. The fourth-order valence-corrected chi connectivity index (χ4v) is 3.24. The van der Waals surface area contributed by atoms with Crippen LogP contribution >= 0.6 is 11.3 Å². The predicted molar refractivity (Wildman–Crippen MR) is 75.9 cm³/mol. The van der Waals surface area contributed by atoms with Crippen LogP contribution in [0.2, 0.25) is 0 Å². The van der Waals surface area contributed by atoms with E-state index in [0.717, 1.165) is 42.6 Å². The molecule has 5 heteroatoms. The van der Waals surface area contributed by atoms with Crippen LogP contribution in [0.3, 0.4) is 0 Å². The number of anilines is 1. The largest absolute Gasteiger partial charge is 0.497 e. The van der Waals surface area contributed by atoms with Crippen LogP contribution in [0.1, 0.15) is 6.42 Å². The lowest BCUT2D eigenvalue weighted by atomic mass is 10.3. The fourth-order valence-electron chi connectivity index (χ4n) is 2.19. The SMILES string of the molecule is COc1ccc2nc(N3CCCNCC3)sc2c1. The molecule has 1 aliphatic heterocycles. The number of thiazole rings is 1. The second-order valence-electron chi connectivity index (χ2n) is 4.42. The summed E-state index contributed by atoms with van der Waals surface area (Å²) in [6.07, 6.45) is 1.18. The first kappa shape index (κ1) is 11.7. The normalized spacial score (nSPS) is 16.8. The zero-order chi connectivity index (χ0) is 12.4. The lowest BCUT2D eigenvalue weighted by Gasteiger charge is -2.17. The second-order valence-corrected chi connectivity index (χ2v) is 5.43. The van der Waals surface area contributed by atoms with E-state index in [0.29, 0.717) is 0 Å². The van der Waals surface area contributed by atoms with Crippen molar-refractivity contribution in [1.29, 1.82) is 0 Å². The zero-order valence-electron chi connectivity index (χ0n) is 10.5. The van der Waals surface area contributed by atoms with Gasteiger partial charge in [0, 0.05) is 19.6 Å². The number of nitrogens with one attached hydrogen (secondary N) is 1. The molecular weight excluding hydrogens is 246 g/mol. The third-order valence-corrected chi connectivity index (χ3v) is 4.27. The molecule has 0 spiro atoms. The van der Waals surface area contributed by atoms with E-state index in [2.05, 4.69) is 16.3 Å². The molecule has 0 radical (unpaired) electrons. The fraction of sp³-hybridized carbons (Fsp3) is 0.462. The van der Waals surface area contributed by atoms with Crippen LogP contribution in [0.25, 0.3) is 10.2 Å². The Balaban J connectivity index is 1.91. The molecule has 1 aromatic carbocycles. The quantitative estimate of drug-likeness (QED) is 0.900. The van der Waals surface area contributed by atoms with Crippen molar-refractivity contribution >= 4 is 26.7 Å². The third kappa shape index (κ3) is 2.28. The van der Waals surface area contributed by atoms with Gasteiger partial charge in [0.2, 0.25) is 0 Å². The topological polar surface area (TPSA) is 37.4 Å². The smallest absolute Gasteiger partial charge is 0.186 e. The van der Waals surface area contributed by atoms with Crippen molar-refractivity contribution in [3.8, 4) is 5.75 Å². The average molecular weight is 263 g/mol. The number of hydrogen-bond donors (Lipinski definition) is 1. The van der Waals surface area contributed by atoms with E-state index < -0.39 is 0 Å². The van der Waals surface area contributed by atoms with E-state index in [-0.39, 0.29) is 0 Å². The molecule has 0 amide bonds. The Labute approximate surface area is 111 Å². The number of rotatable bonds is 2. The van der Waals surface area contributed by atoms with Gasteiger partial charge < -0.3 is 15.0 Å². The predicted octanol–water partition coefficient (Wildman–Crippen LogP) is 2.10. The number of aromatic nitrogens is 1. The Morgan fingerprint density at radius 3 is 3.17 bits per heavy atom. The number of methoxy groups -OCH3 is 1. The molecule has 0 saturated carbocycles. The molecule has 1 saturated heterocycles. The monoisotopic (exact) mass is 263 g/mol. The van der Waals surface area contributed by atoms with Crippen LogP contribution in [0, 0.1) is 0 Å². The van der Waals surface area contributed by atoms with E-state index >= 15 is 0 Å². The van der Waals surface area contributed by atoms with Gasteiger partial charge in [-0.2, -0.15) is 0 Å². The Morgan fingerprint density at radius 1 is 1.33 bits per heavy atom. The third-order valence-electron chi connectivity index (χ3n) is 3.19. The standard InChI is InChI=1S/C13H17N3OS/c1-17-10-3-4-11-12(9-10)18-13(15-11)16-7-2-5-14-6-8-16/h3-4,9,14H,2,5-8H2,1H3. The maximum absolute atomic E-state index is 5.25. The van der Waals surface area contributed by atoms with Gasteiger partial charge in [-0.25, -0.2) is 4.98 Å². The van der Waals surface area contributed by atoms with Gasteiger partial charge in [0.25, 0.3) is 0 Å². The molecule has 1 aromatic heterocycles. The van der Waals surface area contributed by atoms with E-state index in [1.165, 1.54) is 11.1 Å². The maximum Gasteiger partial charge on any atom is 0.186 e. The molecule has 2 aromatic rings. The van der Waals surface area contributed by atoms with E-state index in [4.69, 9.17) is 9.72 Å². The minimum Gasteiger partial charge on any atom is -0.497 e. The van der Waals surface area contributed by atoms with Crippen LogP contribution in [0.5, 0.6) is 5.75 Å². The Bertz CT molecular complexity index is 532. The molecule has 0 atom stereocenters. The van der Waals surface area contributed by atoms with Gasteiger partial charge in [0.1, 0.15) is 5.75 Å². The van der Waals surface area contributed by atoms with Gasteiger partial charge in [-0.15, -0.1) is 0 Å². The van der Waals surface area contributed by atoms with Crippen LogP contribution in [0.4, 0.5) is 5.13 Å². The molecular formula is C13H17N3OS. The van der Waals surface area contributed by atoms with Gasteiger partial charge in [-0.3, -0.25) is 0 Å². The molecule has 96 valence electrons. The summed E-state index contributed by atoms with van der Waals surface area (Å²) in [4.78, 5) is 7.09. The highest BCUT2D eigenvalue weighted by molar-refractivity contribution is 7.22. The summed E-state index contributed by atoms with van der Waals surface area (Å²) >= 11 is 1.75. The Kier molecular flexibility index (Phi) is 3.34. The minimum absolute atomic E-state index is 0.898. The molecule has 1 fully saturated rings. The first-order chi connectivity index (χ1) is 8.86. The van der Waals surface area contributed by atoms with Crippen LogP contribution in [-0.2, 0) is 0 Å². The van der Waals surface area contributed by atoms with Gasteiger partial charge >= 0.3 is 0 Å². The zero-order valence-corrected chi connectivity index (χ0v) is 11.3. The lowest BCUT2D eigenvalue weighted by molar-refractivity contribution is 0.415. The number of hydrogen-bond acceptors (Lipinski definition) is 5. The average Bonchev–Trinajstić information content (AvgIpc) is 2.63. The first-order valence-corrected chi connectivity index (χ1v) is 7.09. The summed E-state index contributed by atoms with van der Waals surface area (Å²) in [5.41, 5.74) is 1.06. The molecule has 0 unspecified atom stereocenters. The highest BCUT2D eigenvalue weighted by Gasteiger charge is 2.14. The van der Waals surface area contributed by atoms with Gasteiger partial charge in [0.05, 0.1) is 17.3 Å². The molecule has 4 nitrogen and oxygen atoms in total. The maximum atomic E-state index is 5.25. The van der Waals surface area contributed by atoms with Crippen molar-refractivity contribution in [3.05, 3.63) is 18.2 Å². The summed E-state index contributed by atoms with van der Waals surface area (Å²) in [5, 5.41) is 4.54. The summed E-state index contributed by atoms with van der Waals surface area (Å²) < 4.78 is 6.45. The van der Waals surface area contributed by atoms with Gasteiger partial charge in [-0.1, -0.05) is 11.3 Å². The molecule has 1 aliphatic rings. The first-order valence-electron chi connectivity index (χ1n) is 6.27. The molecule has 3 rings (SSSR count). The van der Waals surface area contributed by atoms with Crippen molar-refractivity contribution < 1.29 is 4.74 Å². The van der Waals surface area contributed by atoms with Crippen molar-refractivity contribution in [2.24, 2.45) is 0 Å². The van der Waals surface area contributed by atoms with E-state index in [1.807, 2.05) is 12.1 Å². The highest BCUT2D eigenvalue weighted by Crippen LogP contribution is 2.31. The van der Waals surface area contributed by atoms with Crippen LogP contribution in [0.15, 0.2) is 18.2 Å². The van der Waals surface area contributed by atoms with E-state index in [9.17, 15) is 0 Å². The molecule has 18 heavy (non-hydrogen) atoms. The van der Waals surface area contributed by atoms with E-state index in [1.54, 1.807) is 18.4 Å². The minimum atomic E-state index is 0.898. The number of fused-ring (bicyclic) bond motifs is 1. The summed E-state index contributed by atoms with van der Waals surface area (Å²) in [5.74, 6) is 0.898. The molecule has 2 heterocycles. The van der Waals surface area contributed by atoms with Gasteiger partial charge in [-0.05, 0) is 31.2 Å². The summed E-state index contributed by atoms with van der Waals surface area (Å²) in [7, 11) is 1.70. The number of nitrogens with zero attached hydrogens (tertiary/aromatic N) is 2. The van der Waals surface area contributed by atoms with Crippen molar-refractivity contribution in [1.82, 2.24) is 10.3 Å². The molecule has 0 bridgehead atoms. The van der Waals surface area contributed by atoms with Crippen LogP contribution < -0.4 is 15.0 Å². The van der Waals surface area contributed by atoms with Crippen LogP contribution in [-0.4, -0.2) is 38.3 Å². The summed E-state index contributed by atoms with van der Waals surface area (Å²) in [6, 6.07) is 6.06. The lowest BCUT2D eigenvalue weighted by Crippen LogP contribution is -2.27. The van der Waals surface area contributed by atoms with Crippen molar-refractivity contribution in [2.45, 2.75) is 6.42 Å². The summed E-state index contributed by atoms with van der Waals surface area (Å²) in [6.45, 7) is 4.27. The Morgan fingerprint density at radius 2 is 2.28 bits per heavy atom. The number of benzene rings is 1. The van der Waals surface area contributed by atoms with Crippen molar-refractivity contribution in [3.63, 3.8) is 0 Å². The van der Waals surface area contributed by atoms with Crippen molar-refractivity contribution in [2.75, 3.05) is 38.2 Å². The molecule has 0 aliphatic carbocycles.